The summed E-state index contributed by atoms with van der Waals surface area (Å²) in [5, 5.41) is 0. The number of benzene rings is 1. The molecule has 0 amide bonds. The molecule has 1 fully saturated rings. The van der Waals surface area contributed by atoms with E-state index < -0.39 is 0 Å². The van der Waals surface area contributed by atoms with Crippen LogP contribution in [0.3, 0.4) is 0 Å². The Hall–Kier alpha value is -1.31. The summed E-state index contributed by atoms with van der Waals surface area (Å²) in [5.74, 6) is 0.792. The molecule has 2 heteroatoms. The van der Waals surface area contributed by atoms with E-state index in [0.717, 1.165) is 30.9 Å². The third kappa shape index (κ3) is 1.79. The summed E-state index contributed by atoms with van der Waals surface area (Å²) >= 11 is 0. The molecule has 0 saturated carbocycles. The summed E-state index contributed by atoms with van der Waals surface area (Å²) in [7, 11) is 0. The van der Waals surface area contributed by atoms with Gasteiger partial charge in [0.1, 0.15) is 6.29 Å². The van der Waals surface area contributed by atoms with Gasteiger partial charge in [0.05, 0.1) is 0 Å². The average Bonchev–Trinajstić information content (AvgIpc) is 2.65. The standard InChI is InChI=1S/C12H15NO/c1-10-6-7-13(8-10)12-4-2-11(9-14)3-5-12/h2-5,9-10H,6-8H2,1H3. The lowest BCUT2D eigenvalue weighted by molar-refractivity contribution is 0.112. The number of hydrogen-bond acceptors (Lipinski definition) is 2. The largest absolute Gasteiger partial charge is 0.371 e. The molecule has 1 aliphatic heterocycles. The zero-order valence-electron chi connectivity index (χ0n) is 8.44. The Bertz CT molecular complexity index is 318. The summed E-state index contributed by atoms with van der Waals surface area (Å²) < 4.78 is 0. The maximum absolute atomic E-state index is 10.5. The highest BCUT2D eigenvalue weighted by molar-refractivity contribution is 5.75. The molecule has 0 N–H and O–H groups in total. The predicted molar refractivity (Wildman–Crippen MR) is 57.8 cm³/mol. The van der Waals surface area contributed by atoms with Crippen molar-refractivity contribution < 1.29 is 4.79 Å². The number of rotatable bonds is 2. The van der Waals surface area contributed by atoms with Gasteiger partial charge in [0.15, 0.2) is 0 Å². The molecule has 74 valence electrons. The Kier molecular flexibility index (Phi) is 2.53. The summed E-state index contributed by atoms with van der Waals surface area (Å²) in [5.41, 5.74) is 1.99. The van der Waals surface area contributed by atoms with Gasteiger partial charge >= 0.3 is 0 Å². The second-order valence-corrected chi connectivity index (χ2v) is 4.05. The van der Waals surface area contributed by atoms with Gasteiger partial charge in [-0.2, -0.15) is 0 Å². The highest BCUT2D eigenvalue weighted by Crippen LogP contribution is 2.23. The van der Waals surface area contributed by atoms with Gasteiger partial charge in [-0.1, -0.05) is 6.92 Å². The van der Waals surface area contributed by atoms with Crippen molar-refractivity contribution in [3.63, 3.8) is 0 Å². The highest BCUT2D eigenvalue weighted by Gasteiger charge is 2.18. The van der Waals surface area contributed by atoms with Gasteiger partial charge in [-0.15, -0.1) is 0 Å². The second-order valence-electron chi connectivity index (χ2n) is 4.05. The fourth-order valence-electron chi connectivity index (χ4n) is 1.93. The molecule has 0 spiro atoms. The Labute approximate surface area is 84.5 Å². The third-order valence-corrected chi connectivity index (χ3v) is 2.82. The first-order chi connectivity index (χ1) is 6.79. The summed E-state index contributed by atoms with van der Waals surface area (Å²) in [6.07, 6.45) is 2.16. The van der Waals surface area contributed by atoms with E-state index >= 15 is 0 Å². The minimum Gasteiger partial charge on any atom is -0.371 e. The van der Waals surface area contributed by atoms with E-state index in [1.54, 1.807) is 0 Å². The lowest BCUT2D eigenvalue weighted by Gasteiger charge is -2.17. The normalized spacial score (nSPS) is 21.2. The maximum atomic E-state index is 10.5. The lowest BCUT2D eigenvalue weighted by Crippen LogP contribution is -2.18. The third-order valence-electron chi connectivity index (χ3n) is 2.82. The molecule has 0 aromatic heterocycles. The molecule has 14 heavy (non-hydrogen) atoms. The van der Waals surface area contributed by atoms with E-state index in [0.29, 0.717) is 0 Å². The molecule has 1 saturated heterocycles. The van der Waals surface area contributed by atoms with E-state index in [1.165, 1.54) is 12.1 Å². The molecule has 2 rings (SSSR count). The van der Waals surface area contributed by atoms with Crippen molar-refractivity contribution in [1.82, 2.24) is 0 Å². The van der Waals surface area contributed by atoms with Gasteiger partial charge in [-0.25, -0.2) is 0 Å². The second kappa shape index (κ2) is 3.82. The number of hydrogen-bond donors (Lipinski definition) is 0. The SMILES string of the molecule is CC1CCN(c2ccc(C=O)cc2)C1. The zero-order chi connectivity index (χ0) is 9.97. The first-order valence-corrected chi connectivity index (χ1v) is 5.10. The van der Waals surface area contributed by atoms with Crippen LogP contribution >= 0.6 is 0 Å². The lowest BCUT2D eigenvalue weighted by atomic mass is 10.2. The first kappa shape index (κ1) is 9.25. The molecule has 1 aromatic carbocycles. The Morgan fingerprint density at radius 2 is 2.07 bits per heavy atom. The van der Waals surface area contributed by atoms with E-state index in [2.05, 4.69) is 11.8 Å². The molecular formula is C12H15NO. The predicted octanol–water partition coefficient (Wildman–Crippen LogP) is 2.35. The van der Waals surface area contributed by atoms with Crippen molar-refractivity contribution in [3.8, 4) is 0 Å². The van der Waals surface area contributed by atoms with Crippen LogP contribution in [0.15, 0.2) is 24.3 Å². The number of aldehydes is 1. The zero-order valence-corrected chi connectivity index (χ0v) is 8.44. The van der Waals surface area contributed by atoms with Gasteiger partial charge < -0.3 is 4.90 Å². The fraction of sp³-hybridized carbons (Fsp3) is 0.417. The Morgan fingerprint density at radius 3 is 2.57 bits per heavy atom. The van der Waals surface area contributed by atoms with E-state index in [1.807, 2.05) is 24.3 Å². The fourth-order valence-corrected chi connectivity index (χ4v) is 1.93. The van der Waals surface area contributed by atoms with Crippen molar-refractivity contribution in [2.24, 2.45) is 5.92 Å². The average molecular weight is 189 g/mol. The molecule has 2 nitrogen and oxygen atoms in total. The van der Waals surface area contributed by atoms with Crippen LogP contribution < -0.4 is 4.90 Å². The minimum atomic E-state index is 0.751. The van der Waals surface area contributed by atoms with Crippen LogP contribution in [0.1, 0.15) is 23.7 Å². The Balaban J connectivity index is 2.13. The van der Waals surface area contributed by atoms with Crippen molar-refractivity contribution >= 4 is 12.0 Å². The Morgan fingerprint density at radius 1 is 1.36 bits per heavy atom. The molecule has 1 aromatic rings. The number of anilines is 1. The summed E-state index contributed by atoms with van der Waals surface area (Å²) in [4.78, 5) is 12.9. The van der Waals surface area contributed by atoms with Crippen LogP contribution in [-0.2, 0) is 0 Å². The molecule has 1 aliphatic rings. The molecule has 0 aliphatic carbocycles. The van der Waals surface area contributed by atoms with Crippen LogP contribution in [-0.4, -0.2) is 19.4 Å². The first-order valence-electron chi connectivity index (χ1n) is 5.10. The van der Waals surface area contributed by atoms with Crippen molar-refractivity contribution in [2.75, 3.05) is 18.0 Å². The van der Waals surface area contributed by atoms with Crippen LogP contribution in [0.5, 0.6) is 0 Å². The molecular weight excluding hydrogens is 174 g/mol. The molecule has 0 radical (unpaired) electrons. The van der Waals surface area contributed by atoms with Gasteiger partial charge in [-0.3, -0.25) is 4.79 Å². The van der Waals surface area contributed by atoms with E-state index in [-0.39, 0.29) is 0 Å². The summed E-state index contributed by atoms with van der Waals surface area (Å²) in [6, 6.07) is 7.82. The van der Waals surface area contributed by atoms with Crippen molar-refractivity contribution in [1.29, 1.82) is 0 Å². The molecule has 1 atom stereocenters. The van der Waals surface area contributed by atoms with Crippen LogP contribution in [0.2, 0.25) is 0 Å². The monoisotopic (exact) mass is 189 g/mol. The van der Waals surface area contributed by atoms with Gasteiger partial charge in [0.2, 0.25) is 0 Å². The molecule has 0 bridgehead atoms. The highest BCUT2D eigenvalue weighted by atomic mass is 16.1. The van der Waals surface area contributed by atoms with Crippen LogP contribution in [0, 0.1) is 5.92 Å². The molecule has 1 unspecified atom stereocenters. The number of carbonyl (C=O) groups is 1. The van der Waals surface area contributed by atoms with Gasteiger partial charge in [0, 0.05) is 24.3 Å². The van der Waals surface area contributed by atoms with Crippen molar-refractivity contribution in [3.05, 3.63) is 29.8 Å². The van der Waals surface area contributed by atoms with Gasteiger partial charge in [-0.05, 0) is 36.6 Å². The summed E-state index contributed by atoms with van der Waals surface area (Å²) in [6.45, 7) is 4.56. The van der Waals surface area contributed by atoms with Crippen LogP contribution in [0.25, 0.3) is 0 Å². The molecule has 1 heterocycles. The minimum absolute atomic E-state index is 0.751. The quantitative estimate of drug-likeness (QED) is 0.665. The van der Waals surface area contributed by atoms with E-state index in [9.17, 15) is 4.79 Å². The maximum Gasteiger partial charge on any atom is 0.150 e. The van der Waals surface area contributed by atoms with Crippen LogP contribution in [0.4, 0.5) is 5.69 Å². The van der Waals surface area contributed by atoms with Gasteiger partial charge in [0.25, 0.3) is 0 Å². The smallest absolute Gasteiger partial charge is 0.150 e. The number of nitrogens with zero attached hydrogens (tertiary/aromatic N) is 1. The topological polar surface area (TPSA) is 20.3 Å². The number of carbonyl (C=O) groups excluding carboxylic acids is 1. The van der Waals surface area contributed by atoms with Crippen molar-refractivity contribution in [2.45, 2.75) is 13.3 Å². The van der Waals surface area contributed by atoms with E-state index in [4.69, 9.17) is 0 Å².